The Morgan fingerprint density at radius 2 is 1.94 bits per heavy atom. The summed E-state index contributed by atoms with van der Waals surface area (Å²) in [5.41, 5.74) is 6.47. The fourth-order valence-corrected chi connectivity index (χ4v) is 3.75. The lowest BCUT2D eigenvalue weighted by Crippen LogP contribution is -2.25. The second-order valence-electron chi connectivity index (χ2n) is 4.29. The molecule has 0 aromatic heterocycles. The fraction of sp³-hybridized carbons (Fsp3) is 0.455. The van der Waals surface area contributed by atoms with Gasteiger partial charge in [-0.1, -0.05) is 24.4 Å². The molecule has 94 valence electrons. The zero-order valence-electron chi connectivity index (χ0n) is 9.32. The molecule has 0 amide bonds. The van der Waals surface area contributed by atoms with Crippen LogP contribution in [0.4, 0.5) is 11.4 Å². The fourth-order valence-electron chi connectivity index (χ4n) is 2.05. The van der Waals surface area contributed by atoms with Crippen molar-refractivity contribution in [3.05, 3.63) is 23.2 Å². The lowest BCUT2D eigenvalue weighted by molar-refractivity contribution is 0.585. The summed E-state index contributed by atoms with van der Waals surface area (Å²) in [5.74, 6) is 0. The monoisotopic (exact) mass is 274 g/mol. The topological polar surface area (TPSA) is 72.2 Å². The maximum absolute atomic E-state index is 12.0. The predicted octanol–water partition coefficient (Wildman–Crippen LogP) is 2.61. The molecule has 1 aromatic rings. The molecule has 1 fully saturated rings. The van der Waals surface area contributed by atoms with Crippen molar-refractivity contribution in [1.82, 2.24) is 0 Å². The van der Waals surface area contributed by atoms with Gasteiger partial charge in [0, 0.05) is 0 Å². The minimum absolute atomic E-state index is 0.278. The molecule has 0 spiro atoms. The number of rotatable bonds is 3. The molecule has 0 saturated heterocycles. The van der Waals surface area contributed by atoms with E-state index in [4.69, 9.17) is 17.3 Å². The summed E-state index contributed by atoms with van der Waals surface area (Å²) < 4.78 is 26.6. The van der Waals surface area contributed by atoms with Crippen LogP contribution in [0.1, 0.15) is 25.7 Å². The van der Waals surface area contributed by atoms with Crippen LogP contribution < -0.4 is 10.5 Å². The Morgan fingerprint density at radius 3 is 2.53 bits per heavy atom. The summed E-state index contributed by atoms with van der Waals surface area (Å²) in [4.78, 5) is 0. The quantitative estimate of drug-likeness (QED) is 0.832. The Labute approximate surface area is 106 Å². The molecule has 4 nitrogen and oxygen atoms in total. The summed E-state index contributed by atoms with van der Waals surface area (Å²) in [5, 5.41) is 0.146. The molecule has 1 saturated carbocycles. The molecule has 2 rings (SSSR count). The number of sulfonamides is 1. The molecule has 1 aliphatic carbocycles. The highest BCUT2D eigenvalue weighted by atomic mass is 35.5. The van der Waals surface area contributed by atoms with Crippen LogP contribution in [0.15, 0.2) is 18.2 Å². The van der Waals surface area contributed by atoms with Crippen molar-refractivity contribution in [3.8, 4) is 0 Å². The highest BCUT2D eigenvalue weighted by Gasteiger charge is 2.28. The van der Waals surface area contributed by atoms with E-state index in [2.05, 4.69) is 4.72 Å². The number of halogens is 1. The maximum Gasteiger partial charge on any atom is 0.235 e. The molecule has 0 heterocycles. The molecule has 17 heavy (non-hydrogen) atoms. The summed E-state index contributed by atoms with van der Waals surface area (Å²) >= 11 is 5.78. The molecule has 1 aromatic carbocycles. The van der Waals surface area contributed by atoms with Gasteiger partial charge >= 0.3 is 0 Å². The van der Waals surface area contributed by atoms with Crippen molar-refractivity contribution < 1.29 is 8.42 Å². The standard InChI is InChI=1S/C11H15ClN2O2S/c12-10-6-5-8(7-11(10)13)14-17(15,16)9-3-1-2-4-9/h5-7,9,14H,1-4,13H2. The van der Waals surface area contributed by atoms with E-state index in [1.165, 1.54) is 6.07 Å². The van der Waals surface area contributed by atoms with E-state index in [0.717, 1.165) is 25.7 Å². The van der Waals surface area contributed by atoms with E-state index in [1.807, 2.05) is 0 Å². The third kappa shape index (κ3) is 2.84. The van der Waals surface area contributed by atoms with Gasteiger partial charge in [-0.3, -0.25) is 4.72 Å². The number of nitrogens with two attached hydrogens (primary N) is 1. The molecule has 0 unspecified atom stereocenters. The first-order valence-electron chi connectivity index (χ1n) is 5.56. The van der Waals surface area contributed by atoms with E-state index in [1.54, 1.807) is 12.1 Å². The van der Waals surface area contributed by atoms with Crippen molar-refractivity contribution >= 4 is 33.0 Å². The Morgan fingerprint density at radius 1 is 1.29 bits per heavy atom. The van der Waals surface area contributed by atoms with E-state index in [0.29, 0.717) is 16.4 Å². The smallest absolute Gasteiger partial charge is 0.235 e. The van der Waals surface area contributed by atoms with E-state index in [9.17, 15) is 8.42 Å². The van der Waals surface area contributed by atoms with Gasteiger partial charge in [-0.25, -0.2) is 8.42 Å². The normalized spacial score (nSPS) is 17.2. The zero-order valence-corrected chi connectivity index (χ0v) is 10.9. The van der Waals surface area contributed by atoms with Gasteiger partial charge in [-0.2, -0.15) is 0 Å². The second-order valence-corrected chi connectivity index (χ2v) is 6.66. The lowest BCUT2D eigenvalue weighted by Gasteiger charge is -2.13. The zero-order chi connectivity index (χ0) is 12.5. The van der Waals surface area contributed by atoms with Gasteiger partial charge in [0.15, 0.2) is 0 Å². The lowest BCUT2D eigenvalue weighted by atomic mass is 10.3. The average Bonchev–Trinajstić information content (AvgIpc) is 2.77. The third-order valence-corrected chi connectivity index (χ3v) is 5.21. The highest BCUT2D eigenvalue weighted by molar-refractivity contribution is 7.93. The SMILES string of the molecule is Nc1cc(NS(=O)(=O)C2CCCC2)ccc1Cl. The first kappa shape index (κ1) is 12.5. The first-order chi connectivity index (χ1) is 7.99. The minimum Gasteiger partial charge on any atom is -0.397 e. The van der Waals surface area contributed by atoms with Crippen LogP contribution in [-0.4, -0.2) is 13.7 Å². The largest absolute Gasteiger partial charge is 0.397 e. The van der Waals surface area contributed by atoms with Crippen LogP contribution in [0.5, 0.6) is 0 Å². The van der Waals surface area contributed by atoms with Crippen molar-refractivity contribution in [3.63, 3.8) is 0 Å². The first-order valence-corrected chi connectivity index (χ1v) is 7.48. The number of nitrogen functional groups attached to an aromatic ring is 1. The molecule has 0 aliphatic heterocycles. The number of anilines is 2. The number of nitrogens with one attached hydrogen (secondary N) is 1. The van der Waals surface area contributed by atoms with Crippen LogP contribution in [0.2, 0.25) is 5.02 Å². The average molecular weight is 275 g/mol. The molecule has 0 bridgehead atoms. The van der Waals surface area contributed by atoms with Gasteiger partial charge in [0.25, 0.3) is 0 Å². The van der Waals surface area contributed by atoms with E-state index >= 15 is 0 Å². The van der Waals surface area contributed by atoms with Gasteiger partial charge in [-0.15, -0.1) is 0 Å². The molecule has 0 radical (unpaired) electrons. The van der Waals surface area contributed by atoms with Crippen molar-refractivity contribution in [1.29, 1.82) is 0 Å². The Hall–Kier alpha value is -0.940. The third-order valence-electron chi connectivity index (χ3n) is 3.00. The van der Waals surface area contributed by atoms with Crippen LogP contribution in [0, 0.1) is 0 Å². The van der Waals surface area contributed by atoms with Crippen LogP contribution in [0.3, 0.4) is 0 Å². The summed E-state index contributed by atoms with van der Waals surface area (Å²) in [6, 6.07) is 4.74. The van der Waals surface area contributed by atoms with Gasteiger partial charge in [-0.05, 0) is 31.0 Å². The second kappa shape index (κ2) is 4.74. The minimum atomic E-state index is -3.29. The van der Waals surface area contributed by atoms with Crippen LogP contribution in [-0.2, 0) is 10.0 Å². The van der Waals surface area contributed by atoms with Crippen molar-refractivity contribution in [2.24, 2.45) is 0 Å². The molecule has 0 atom stereocenters. The molecular weight excluding hydrogens is 260 g/mol. The Bertz CT molecular complexity index is 510. The molecule has 1 aliphatic rings. The van der Waals surface area contributed by atoms with Gasteiger partial charge < -0.3 is 5.73 Å². The molecule has 3 N–H and O–H groups in total. The van der Waals surface area contributed by atoms with E-state index in [-0.39, 0.29) is 5.25 Å². The number of hydrogen-bond donors (Lipinski definition) is 2. The van der Waals surface area contributed by atoms with Crippen molar-refractivity contribution in [2.75, 3.05) is 10.5 Å². The summed E-state index contributed by atoms with van der Waals surface area (Å²) in [7, 11) is -3.29. The van der Waals surface area contributed by atoms with Gasteiger partial charge in [0.1, 0.15) is 0 Å². The predicted molar refractivity (Wildman–Crippen MR) is 70.7 cm³/mol. The highest BCUT2D eigenvalue weighted by Crippen LogP contribution is 2.28. The molecular formula is C11H15ClN2O2S. The Kier molecular flexibility index (Phi) is 3.49. The summed E-state index contributed by atoms with van der Waals surface area (Å²) in [6.45, 7) is 0. The van der Waals surface area contributed by atoms with Gasteiger partial charge in [0.05, 0.1) is 21.6 Å². The summed E-state index contributed by atoms with van der Waals surface area (Å²) in [6.07, 6.45) is 3.43. The van der Waals surface area contributed by atoms with Crippen LogP contribution in [0.25, 0.3) is 0 Å². The van der Waals surface area contributed by atoms with E-state index < -0.39 is 10.0 Å². The Balaban J connectivity index is 2.17. The number of hydrogen-bond acceptors (Lipinski definition) is 3. The van der Waals surface area contributed by atoms with Gasteiger partial charge in [0.2, 0.25) is 10.0 Å². The maximum atomic E-state index is 12.0. The van der Waals surface area contributed by atoms with Crippen LogP contribution >= 0.6 is 11.6 Å². The van der Waals surface area contributed by atoms with Crippen molar-refractivity contribution in [2.45, 2.75) is 30.9 Å². The molecule has 6 heteroatoms. The number of benzene rings is 1.